The number of amides is 1. The highest BCUT2D eigenvalue weighted by molar-refractivity contribution is 5.94. The van der Waals surface area contributed by atoms with Gasteiger partial charge in [0.15, 0.2) is 11.5 Å². The first-order valence-corrected chi connectivity index (χ1v) is 8.79. The molecule has 1 N–H and O–H groups in total. The third kappa shape index (κ3) is 3.35. The smallest absolute Gasteiger partial charge is 0.251 e. The van der Waals surface area contributed by atoms with Gasteiger partial charge in [-0.15, -0.1) is 0 Å². The summed E-state index contributed by atoms with van der Waals surface area (Å²) < 4.78 is 16.1. The Hall–Kier alpha value is -1.79. The van der Waals surface area contributed by atoms with Gasteiger partial charge in [0.1, 0.15) is 0 Å². The van der Waals surface area contributed by atoms with Gasteiger partial charge in [-0.2, -0.15) is 0 Å². The van der Waals surface area contributed by atoms with E-state index in [9.17, 15) is 4.79 Å². The summed E-state index contributed by atoms with van der Waals surface area (Å²) in [4.78, 5) is 14.9. The summed E-state index contributed by atoms with van der Waals surface area (Å²) in [6, 6.07) is 5.93. The Balaban J connectivity index is 1.24. The Morgan fingerprint density at radius 3 is 2.79 bits per heavy atom. The van der Waals surface area contributed by atoms with Crippen molar-refractivity contribution in [1.29, 1.82) is 0 Å². The minimum absolute atomic E-state index is 0.0417. The van der Waals surface area contributed by atoms with Gasteiger partial charge in [-0.3, -0.25) is 9.69 Å². The maximum atomic E-state index is 12.3. The molecule has 4 rings (SSSR count). The highest BCUT2D eigenvalue weighted by atomic mass is 16.7. The van der Waals surface area contributed by atoms with Crippen molar-refractivity contribution in [3.8, 4) is 11.5 Å². The number of nitrogens with one attached hydrogen (secondary N) is 1. The maximum Gasteiger partial charge on any atom is 0.251 e. The zero-order valence-electron chi connectivity index (χ0n) is 13.8. The summed E-state index contributed by atoms with van der Waals surface area (Å²) in [5.41, 5.74) is 0.625. The van der Waals surface area contributed by atoms with Crippen molar-refractivity contribution in [2.24, 2.45) is 5.92 Å². The monoisotopic (exact) mass is 332 g/mol. The van der Waals surface area contributed by atoms with Gasteiger partial charge in [0.05, 0.1) is 6.61 Å². The van der Waals surface area contributed by atoms with Gasteiger partial charge in [-0.25, -0.2) is 0 Å². The number of carbonyl (C=O) groups is 1. The van der Waals surface area contributed by atoms with Crippen LogP contribution in [0.5, 0.6) is 11.5 Å². The molecule has 0 aliphatic carbocycles. The van der Waals surface area contributed by atoms with E-state index in [0.29, 0.717) is 29.0 Å². The van der Waals surface area contributed by atoms with Crippen LogP contribution in [-0.4, -0.2) is 56.5 Å². The molecule has 24 heavy (non-hydrogen) atoms. The summed E-state index contributed by atoms with van der Waals surface area (Å²) in [7, 11) is 0. The second kappa shape index (κ2) is 6.99. The number of benzene rings is 1. The van der Waals surface area contributed by atoms with E-state index in [2.05, 4.69) is 10.2 Å². The maximum absolute atomic E-state index is 12.3. The van der Waals surface area contributed by atoms with E-state index < -0.39 is 0 Å². The molecule has 0 aromatic heterocycles. The largest absolute Gasteiger partial charge is 0.454 e. The normalized spacial score (nSPS) is 24.2. The summed E-state index contributed by atoms with van der Waals surface area (Å²) >= 11 is 0. The molecule has 1 atom stereocenters. The zero-order valence-corrected chi connectivity index (χ0v) is 13.8. The Morgan fingerprint density at radius 2 is 2.00 bits per heavy atom. The molecule has 0 bridgehead atoms. The number of piperidine rings is 1. The molecule has 0 radical (unpaired) electrons. The fraction of sp³-hybridized carbons (Fsp3) is 0.611. The van der Waals surface area contributed by atoms with Gasteiger partial charge in [0.25, 0.3) is 5.91 Å². The number of likely N-dealkylation sites (tertiary alicyclic amines) is 1. The molecule has 2 saturated heterocycles. The van der Waals surface area contributed by atoms with Crippen molar-refractivity contribution < 1.29 is 19.0 Å². The number of hydrogen-bond donors (Lipinski definition) is 1. The van der Waals surface area contributed by atoms with Crippen LogP contribution >= 0.6 is 0 Å². The Morgan fingerprint density at radius 1 is 1.17 bits per heavy atom. The number of carbonyl (C=O) groups excluding carboxylic acids is 1. The minimum Gasteiger partial charge on any atom is -0.454 e. The van der Waals surface area contributed by atoms with Crippen molar-refractivity contribution in [2.75, 3.05) is 39.6 Å². The van der Waals surface area contributed by atoms with Crippen molar-refractivity contribution in [1.82, 2.24) is 10.2 Å². The standard InChI is InChI=1S/C18H24N2O4/c21-18(14-1-2-16-17(9-14)24-12-23-16)19-10-13-3-6-20(7-4-13)15-5-8-22-11-15/h1-2,9,13,15H,3-8,10-12H2,(H,19,21)/t15-/m1/s1. The average Bonchev–Trinajstić information content (AvgIpc) is 3.30. The van der Waals surface area contributed by atoms with E-state index in [-0.39, 0.29) is 12.7 Å². The molecule has 0 unspecified atom stereocenters. The Kier molecular flexibility index (Phi) is 4.58. The number of nitrogens with zero attached hydrogens (tertiary/aromatic N) is 1. The molecule has 0 saturated carbocycles. The van der Waals surface area contributed by atoms with E-state index >= 15 is 0 Å². The number of ether oxygens (including phenoxy) is 3. The van der Waals surface area contributed by atoms with Crippen molar-refractivity contribution in [2.45, 2.75) is 25.3 Å². The highest BCUT2D eigenvalue weighted by Gasteiger charge is 2.27. The molecule has 3 heterocycles. The van der Waals surface area contributed by atoms with E-state index in [4.69, 9.17) is 14.2 Å². The van der Waals surface area contributed by atoms with Crippen LogP contribution < -0.4 is 14.8 Å². The lowest BCUT2D eigenvalue weighted by Crippen LogP contribution is -2.43. The van der Waals surface area contributed by atoms with Crippen LogP contribution in [0.1, 0.15) is 29.6 Å². The van der Waals surface area contributed by atoms with Gasteiger partial charge in [-0.1, -0.05) is 0 Å². The van der Waals surface area contributed by atoms with E-state index in [1.54, 1.807) is 18.2 Å². The van der Waals surface area contributed by atoms with Gasteiger partial charge < -0.3 is 19.5 Å². The minimum atomic E-state index is -0.0417. The number of fused-ring (bicyclic) bond motifs is 1. The molecule has 6 nitrogen and oxygen atoms in total. The zero-order chi connectivity index (χ0) is 16.4. The molecule has 1 aromatic carbocycles. The number of rotatable bonds is 4. The molecule has 0 spiro atoms. The molecule has 6 heteroatoms. The molecule has 130 valence electrons. The van der Waals surface area contributed by atoms with Crippen LogP contribution in [0.3, 0.4) is 0 Å². The first kappa shape index (κ1) is 15.7. The van der Waals surface area contributed by atoms with Crippen LogP contribution in [0.15, 0.2) is 18.2 Å². The molecular formula is C18H24N2O4. The van der Waals surface area contributed by atoms with Crippen LogP contribution in [0, 0.1) is 5.92 Å². The predicted octanol–water partition coefficient (Wildman–Crippen LogP) is 1.65. The molecule has 1 amide bonds. The second-order valence-corrected chi connectivity index (χ2v) is 6.77. The molecular weight excluding hydrogens is 308 g/mol. The summed E-state index contributed by atoms with van der Waals surface area (Å²) in [5, 5.41) is 3.07. The second-order valence-electron chi connectivity index (χ2n) is 6.77. The summed E-state index contributed by atoms with van der Waals surface area (Å²) in [6.45, 7) is 4.96. The summed E-state index contributed by atoms with van der Waals surface area (Å²) in [6.07, 6.45) is 3.43. The third-order valence-electron chi connectivity index (χ3n) is 5.26. The first-order valence-electron chi connectivity index (χ1n) is 8.79. The van der Waals surface area contributed by atoms with Gasteiger partial charge in [-0.05, 0) is 56.5 Å². The van der Waals surface area contributed by atoms with E-state index in [0.717, 1.165) is 52.1 Å². The topological polar surface area (TPSA) is 60.0 Å². The van der Waals surface area contributed by atoms with Crippen LogP contribution in [0.2, 0.25) is 0 Å². The van der Waals surface area contributed by atoms with Crippen molar-refractivity contribution in [3.63, 3.8) is 0 Å². The van der Waals surface area contributed by atoms with Gasteiger partial charge in [0.2, 0.25) is 6.79 Å². The fourth-order valence-electron chi connectivity index (χ4n) is 3.71. The van der Waals surface area contributed by atoms with E-state index in [1.165, 1.54) is 0 Å². The molecule has 1 aromatic rings. The Labute approximate surface area is 142 Å². The summed E-state index contributed by atoms with van der Waals surface area (Å²) in [5.74, 6) is 1.87. The van der Waals surface area contributed by atoms with Crippen LogP contribution in [0.4, 0.5) is 0 Å². The average molecular weight is 332 g/mol. The van der Waals surface area contributed by atoms with Gasteiger partial charge >= 0.3 is 0 Å². The number of hydrogen-bond acceptors (Lipinski definition) is 5. The lowest BCUT2D eigenvalue weighted by atomic mass is 9.95. The fourth-order valence-corrected chi connectivity index (χ4v) is 3.71. The van der Waals surface area contributed by atoms with Gasteiger partial charge in [0, 0.05) is 24.8 Å². The SMILES string of the molecule is O=C(NCC1CCN([C@@H]2CCOC2)CC1)c1ccc2c(c1)OCO2. The van der Waals surface area contributed by atoms with Crippen molar-refractivity contribution >= 4 is 5.91 Å². The Bertz CT molecular complexity index is 593. The molecule has 2 fully saturated rings. The van der Waals surface area contributed by atoms with E-state index in [1.807, 2.05) is 0 Å². The predicted molar refractivity (Wildman–Crippen MR) is 88.4 cm³/mol. The highest BCUT2D eigenvalue weighted by Crippen LogP contribution is 2.32. The quantitative estimate of drug-likeness (QED) is 0.908. The molecule has 3 aliphatic rings. The van der Waals surface area contributed by atoms with Crippen LogP contribution in [0.25, 0.3) is 0 Å². The van der Waals surface area contributed by atoms with Crippen molar-refractivity contribution in [3.05, 3.63) is 23.8 Å². The van der Waals surface area contributed by atoms with Crippen LogP contribution in [-0.2, 0) is 4.74 Å². The lowest BCUT2D eigenvalue weighted by Gasteiger charge is -2.35. The first-order chi connectivity index (χ1) is 11.8. The molecule has 3 aliphatic heterocycles. The third-order valence-corrected chi connectivity index (χ3v) is 5.26. The lowest BCUT2D eigenvalue weighted by molar-refractivity contribution is 0.0911.